The summed E-state index contributed by atoms with van der Waals surface area (Å²) in [6.07, 6.45) is -1.83. The minimum absolute atomic E-state index is 0. The summed E-state index contributed by atoms with van der Waals surface area (Å²) in [7, 11) is 0. The zero-order chi connectivity index (χ0) is 9.19. The number of hydrogen-bond acceptors (Lipinski definition) is 2. The van der Waals surface area contributed by atoms with Gasteiger partial charge in [0.25, 0.3) is 0 Å². The van der Waals surface area contributed by atoms with Crippen LogP contribution in [0, 0.1) is 0 Å². The van der Waals surface area contributed by atoms with E-state index in [-0.39, 0.29) is 18.0 Å². The van der Waals surface area contributed by atoms with E-state index in [0.717, 1.165) is 0 Å². The maximum absolute atomic E-state index is 12.0. The smallest absolute Gasteiger partial charge is 0.316 e. The summed E-state index contributed by atoms with van der Waals surface area (Å²) in [5, 5.41) is 0. The molecule has 1 aromatic heterocycles. The molecule has 6 heteroatoms. The lowest BCUT2D eigenvalue weighted by atomic mass is 10.1. The minimum Gasteiger partial charge on any atom is -0.316 e. The molecule has 0 spiro atoms. The predicted octanol–water partition coefficient (Wildman–Crippen LogP) is 2.07. The van der Waals surface area contributed by atoms with Gasteiger partial charge in [-0.15, -0.1) is 12.4 Å². The molecule has 0 radical (unpaired) electrons. The van der Waals surface area contributed by atoms with Gasteiger partial charge in [-0.2, -0.15) is 13.2 Å². The fourth-order valence-electron chi connectivity index (χ4n) is 0.760. The van der Waals surface area contributed by atoms with Crippen LogP contribution in [0.5, 0.6) is 0 Å². The Kier molecular flexibility index (Phi) is 4.16. The highest BCUT2D eigenvalue weighted by molar-refractivity contribution is 5.85. The molecule has 74 valence electrons. The van der Waals surface area contributed by atoms with Crippen LogP contribution in [0.25, 0.3) is 0 Å². The lowest BCUT2D eigenvalue weighted by Crippen LogP contribution is -2.28. The Morgan fingerprint density at radius 2 is 1.69 bits per heavy atom. The summed E-state index contributed by atoms with van der Waals surface area (Å²) in [6, 6.07) is 0.580. The first-order chi connectivity index (χ1) is 5.52. The highest BCUT2D eigenvalue weighted by Gasteiger charge is 2.37. The van der Waals surface area contributed by atoms with Crippen molar-refractivity contribution >= 4 is 12.4 Å². The van der Waals surface area contributed by atoms with Gasteiger partial charge in [0, 0.05) is 12.4 Å². The number of aromatic nitrogens is 1. The summed E-state index contributed by atoms with van der Waals surface area (Å²) >= 11 is 0. The summed E-state index contributed by atoms with van der Waals surface area (Å²) in [4.78, 5) is 3.59. The van der Waals surface area contributed by atoms with Crippen molar-refractivity contribution in [2.45, 2.75) is 12.2 Å². The lowest BCUT2D eigenvalue weighted by Gasteiger charge is -2.14. The monoisotopic (exact) mass is 212 g/mol. The highest BCUT2D eigenvalue weighted by atomic mass is 35.5. The van der Waals surface area contributed by atoms with Crippen LogP contribution in [0.2, 0.25) is 0 Å². The number of pyridine rings is 1. The summed E-state index contributed by atoms with van der Waals surface area (Å²) in [5.74, 6) is 0. The van der Waals surface area contributed by atoms with E-state index in [1.54, 1.807) is 0 Å². The van der Waals surface area contributed by atoms with Gasteiger partial charge in [-0.25, -0.2) is 0 Å². The Bertz CT molecular complexity index is 250. The van der Waals surface area contributed by atoms with Crippen LogP contribution in [0.15, 0.2) is 24.5 Å². The second kappa shape index (κ2) is 4.43. The molecule has 0 bridgehead atoms. The van der Waals surface area contributed by atoms with Crippen LogP contribution >= 0.6 is 12.4 Å². The number of halogens is 4. The molecule has 2 nitrogen and oxygen atoms in total. The van der Waals surface area contributed by atoms with Crippen molar-refractivity contribution in [3.05, 3.63) is 30.1 Å². The molecule has 0 aliphatic heterocycles. The van der Waals surface area contributed by atoms with Crippen molar-refractivity contribution in [3.8, 4) is 0 Å². The van der Waals surface area contributed by atoms with Crippen LogP contribution in [0.1, 0.15) is 11.6 Å². The van der Waals surface area contributed by atoms with Crippen LogP contribution in [0.4, 0.5) is 13.2 Å². The van der Waals surface area contributed by atoms with Gasteiger partial charge >= 0.3 is 6.18 Å². The number of rotatable bonds is 1. The summed E-state index contributed by atoms with van der Waals surface area (Å²) in [6.45, 7) is 0. The van der Waals surface area contributed by atoms with Gasteiger partial charge in [0.2, 0.25) is 0 Å². The van der Waals surface area contributed by atoms with Crippen molar-refractivity contribution in [1.29, 1.82) is 0 Å². The SMILES string of the molecule is Cl.N[C@@H](c1ccncc1)C(F)(F)F. The van der Waals surface area contributed by atoms with Gasteiger partial charge in [-0.3, -0.25) is 4.98 Å². The summed E-state index contributed by atoms with van der Waals surface area (Å²) < 4.78 is 36.0. The number of hydrogen-bond donors (Lipinski definition) is 1. The van der Waals surface area contributed by atoms with E-state index in [2.05, 4.69) is 4.98 Å². The number of alkyl halides is 3. The molecule has 0 aromatic carbocycles. The molecule has 1 rings (SSSR count). The van der Waals surface area contributed by atoms with E-state index >= 15 is 0 Å². The Labute approximate surface area is 79.4 Å². The minimum atomic E-state index is -4.39. The van der Waals surface area contributed by atoms with E-state index in [1.807, 2.05) is 0 Å². The standard InChI is InChI=1S/C7H7F3N2.ClH/c8-7(9,10)6(11)5-1-3-12-4-2-5;/h1-4,6H,11H2;1H/t6-;/m0./s1. The van der Waals surface area contributed by atoms with Gasteiger partial charge in [0.05, 0.1) is 0 Å². The van der Waals surface area contributed by atoms with Crippen molar-refractivity contribution < 1.29 is 13.2 Å². The van der Waals surface area contributed by atoms with Gasteiger partial charge < -0.3 is 5.73 Å². The first-order valence-corrected chi connectivity index (χ1v) is 3.24. The highest BCUT2D eigenvalue weighted by Crippen LogP contribution is 2.29. The zero-order valence-electron chi connectivity index (χ0n) is 6.45. The van der Waals surface area contributed by atoms with Crippen molar-refractivity contribution in [3.63, 3.8) is 0 Å². The Morgan fingerprint density at radius 1 is 1.23 bits per heavy atom. The normalized spacial score (nSPS) is 13.2. The molecular formula is C7H8ClF3N2. The fourth-order valence-corrected chi connectivity index (χ4v) is 0.760. The molecule has 1 aromatic rings. The number of nitrogens with zero attached hydrogens (tertiary/aromatic N) is 1. The maximum atomic E-state index is 12.0. The van der Waals surface area contributed by atoms with Crippen LogP contribution in [-0.4, -0.2) is 11.2 Å². The van der Waals surface area contributed by atoms with Crippen LogP contribution < -0.4 is 5.73 Å². The van der Waals surface area contributed by atoms with Crippen molar-refractivity contribution in [2.75, 3.05) is 0 Å². The molecule has 2 N–H and O–H groups in total. The van der Waals surface area contributed by atoms with Gasteiger partial charge in [0.1, 0.15) is 6.04 Å². The van der Waals surface area contributed by atoms with Gasteiger partial charge in [-0.1, -0.05) is 0 Å². The second-order valence-corrected chi connectivity index (χ2v) is 2.30. The van der Waals surface area contributed by atoms with E-state index in [9.17, 15) is 13.2 Å². The maximum Gasteiger partial charge on any atom is 0.407 e. The topological polar surface area (TPSA) is 38.9 Å². The molecule has 0 saturated heterocycles. The van der Waals surface area contributed by atoms with Crippen molar-refractivity contribution in [2.24, 2.45) is 5.73 Å². The second-order valence-electron chi connectivity index (χ2n) is 2.30. The molecular weight excluding hydrogens is 205 g/mol. The molecule has 13 heavy (non-hydrogen) atoms. The fraction of sp³-hybridized carbons (Fsp3) is 0.286. The van der Waals surface area contributed by atoms with E-state index < -0.39 is 12.2 Å². The lowest BCUT2D eigenvalue weighted by molar-refractivity contribution is -0.149. The molecule has 0 aliphatic carbocycles. The molecule has 0 unspecified atom stereocenters. The van der Waals surface area contributed by atoms with Crippen LogP contribution in [-0.2, 0) is 0 Å². The first kappa shape index (κ1) is 12.2. The van der Waals surface area contributed by atoms with Crippen molar-refractivity contribution in [1.82, 2.24) is 4.98 Å². The third-order valence-electron chi connectivity index (χ3n) is 1.42. The molecule has 0 saturated carbocycles. The van der Waals surface area contributed by atoms with Crippen LogP contribution in [0.3, 0.4) is 0 Å². The average Bonchev–Trinajstić information content (AvgIpc) is 2.03. The predicted molar refractivity (Wildman–Crippen MR) is 44.5 cm³/mol. The molecule has 0 aliphatic rings. The Balaban J connectivity index is 0.00000144. The largest absolute Gasteiger partial charge is 0.407 e. The van der Waals surface area contributed by atoms with E-state index in [0.29, 0.717) is 0 Å². The van der Waals surface area contributed by atoms with Gasteiger partial charge in [0.15, 0.2) is 0 Å². The molecule has 1 atom stereocenters. The Hall–Kier alpha value is -0.810. The molecule has 0 fully saturated rings. The van der Waals surface area contributed by atoms with Gasteiger partial charge in [-0.05, 0) is 17.7 Å². The third-order valence-corrected chi connectivity index (χ3v) is 1.42. The quantitative estimate of drug-likeness (QED) is 0.774. The molecule has 0 amide bonds. The summed E-state index contributed by atoms with van der Waals surface area (Å²) in [5.41, 5.74) is 4.94. The van der Waals surface area contributed by atoms with E-state index in [1.165, 1.54) is 24.5 Å². The number of nitrogens with two attached hydrogens (primary N) is 1. The van der Waals surface area contributed by atoms with E-state index in [4.69, 9.17) is 5.73 Å². The Morgan fingerprint density at radius 3 is 2.08 bits per heavy atom. The molecule has 1 heterocycles. The first-order valence-electron chi connectivity index (χ1n) is 3.24. The average molecular weight is 213 g/mol. The third kappa shape index (κ3) is 3.20. The zero-order valence-corrected chi connectivity index (χ0v) is 7.27.